The maximum atomic E-state index is 11.6. The second kappa shape index (κ2) is 7.18. The van der Waals surface area contributed by atoms with Crippen LogP contribution < -0.4 is 0 Å². The average Bonchev–Trinajstić information content (AvgIpc) is 2.47. The molecule has 0 atom stereocenters. The Hall–Kier alpha value is -2.70. The van der Waals surface area contributed by atoms with Crippen LogP contribution in [0, 0.1) is 17.0 Å². The lowest BCUT2D eigenvalue weighted by Gasteiger charge is -2.06. The van der Waals surface area contributed by atoms with Crippen molar-refractivity contribution in [3.63, 3.8) is 0 Å². The van der Waals surface area contributed by atoms with Crippen LogP contribution in [0.5, 0.6) is 0 Å². The van der Waals surface area contributed by atoms with Crippen LogP contribution in [0.2, 0.25) is 0 Å². The first-order chi connectivity index (χ1) is 9.90. The summed E-state index contributed by atoms with van der Waals surface area (Å²) < 4.78 is 9.08. The smallest absolute Gasteiger partial charge is 0.338 e. The van der Waals surface area contributed by atoms with Crippen molar-refractivity contribution in [2.45, 2.75) is 13.3 Å². The van der Waals surface area contributed by atoms with Crippen LogP contribution >= 0.6 is 0 Å². The predicted molar refractivity (Wildman–Crippen MR) is 74.8 cm³/mol. The molecule has 0 aliphatic rings. The molecule has 0 radical (unpaired) electrons. The number of ether oxygens (including phenoxy) is 2. The minimum atomic E-state index is -0.654. The molecule has 0 aromatic heterocycles. The normalized spacial score (nSPS) is 10.4. The van der Waals surface area contributed by atoms with Gasteiger partial charge in [0.05, 0.1) is 31.1 Å². The zero-order valence-corrected chi connectivity index (χ0v) is 11.9. The number of hydrogen-bond acceptors (Lipinski definition) is 6. The fourth-order valence-electron chi connectivity index (χ4n) is 1.70. The Morgan fingerprint density at radius 2 is 1.95 bits per heavy atom. The minimum absolute atomic E-state index is 0.0335. The summed E-state index contributed by atoms with van der Waals surface area (Å²) >= 11 is 0. The Bertz CT molecular complexity index is 606. The van der Waals surface area contributed by atoms with E-state index in [0.29, 0.717) is 5.56 Å². The second-order valence-corrected chi connectivity index (χ2v) is 4.14. The highest BCUT2D eigenvalue weighted by atomic mass is 16.6. The summed E-state index contributed by atoms with van der Waals surface area (Å²) in [4.78, 5) is 33.1. The van der Waals surface area contributed by atoms with Crippen LogP contribution in [0.25, 0.3) is 6.08 Å². The lowest BCUT2D eigenvalue weighted by molar-refractivity contribution is -0.385. The maximum Gasteiger partial charge on any atom is 0.338 e. The summed E-state index contributed by atoms with van der Waals surface area (Å²) in [5.74, 6) is -1.08. The van der Waals surface area contributed by atoms with Crippen LogP contribution in [0.3, 0.4) is 0 Å². The zero-order valence-electron chi connectivity index (χ0n) is 11.9. The second-order valence-electron chi connectivity index (χ2n) is 4.14. The number of nitro benzene ring substituents is 1. The van der Waals surface area contributed by atoms with Gasteiger partial charge in [-0.3, -0.25) is 14.9 Å². The molecule has 0 aliphatic heterocycles. The summed E-state index contributed by atoms with van der Waals surface area (Å²) in [7, 11) is 2.47. The molecule has 112 valence electrons. The molecule has 0 unspecified atom stereocenters. The molecule has 0 saturated heterocycles. The first-order valence-corrected chi connectivity index (χ1v) is 6.01. The van der Waals surface area contributed by atoms with Gasteiger partial charge in [0.25, 0.3) is 5.69 Å². The SMILES string of the molecule is COC(=O)CC=Cc1cc(C(=O)OC)c(C)c([N+](=O)[O-])c1. The van der Waals surface area contributed by atoms with E-state index < -0.39 is 16.9 Å². The third kappa shape index (κ3) is 4.13. The fourth-order valence-corrected chi connectivity index (χ4v) is 1.70. The minimum Gasteiger partial charge on any atom is -0.469 e. The van der Waals surface area contributed by atoms with Crippen molar-refractivity contribution in [1.82, 2.24) is 0 Å². The molecule has 0 bridgehead atoms. The van der Waals surface area contributed by atoms with Gasteiger partial charge < -0.3 is 9.47 Å². The lowest BCUT2D eigenvalue weighted by atomic mass is 10.0. The van der Waals surface area contributed by atoms with Crippen LogP contribution in [-0.2, 0) is 14.3 Å². The van der Waals surface area contributed by atoms with Gasteiger partial charge in [-0.2, -0.15) is 0 Å². The number of carbonyl (C=O) groups is 2. The molecule has 0 heterocycles. The predicted octanol–water partition coefficient (Wildman–Crippen LogP) is 2.27. The molecule has 21 heavy (non-hydrogen) atoms. The molecule has 1 aromatic rings. The summed E-state index contributed by atoms with van der Waals surface area (Å²) in [6.45, 7) is 1.48. The average molecular weight is 293 g/mol. The Morgan fingerprint density at radius 1 is 1.29 bits per heavy atom. The highest BCUT2D eigenvalue weighted by molar-refractivity contribution is 5.93. The molecular formula is C14H15NO6. The van der Waals surface area contributed by atoms with Crippen molar-refractivity contribution in [3.8, 4) is 0 Å². The molecule has 0 aliphatic carbocycles. The Morgan fingerprint density at radius 3 is 2.48 bits per heavy atom. The van der Waals surface area contributed by atoms with Crippen molar-refractivity contribution in [2.75, 3.05) is 14.2 Å². The number of nitrogens with zero attached hydrogens (tertiary/aromatic N) is 1. The van der Waals surface area contributed by atoms with Crippen molar-refractivity contribution < 1.29 is 24.0 Å². The summed E-state index contributed by atoms with van der Waals surface area (Å²) in [6.07, 6.45) is 3.04. The molecule has 0 spiro atoms. The highest BCUT2D eigenvalue weighted by Gasteiger charge is 2.20. The molecule has 0 N–H and O–H groups in total. The van der Waals surface area contributed by atoms with E-state index in [1.165, 1.54) is 45.4 Å². The van der Waals surface area contributed by atoms with Crippen molar-refractivity contribution >= 4 is 23.7 Å². The molecule has 7 nitrogen and oxygen atoms in total. The van der Waals surface area contributed by atoms with Gasteiger partial charge in [-0.05, 0) is 18.6 Å². The number of esters is 2. The monoisotopic (exact) mass is 293 g/mol. The van der Waals surface area contributed by atoms with E-state index in [1.807, 2.05) is 0 Å². The van der Waals surface area contributed by atoms with Gasteiger partial charge in [0.2, 0.25) is 0 Å². The molecule has 0 amide bonds. The van der Waals surface area contributed by atoms with Crippen LogP contribution in [0.4, 0.5) is 5.69 Å². The molecule has 7 heteroatoms. The van der Waals surface area contributed by atoms with E-state index in [0.717, 1.165) is 0 Å². The lowest BCUT2D eigenvalue weighted by Crippen LogP contribution is -2.06. The topological polar surface area (TPSA) is 95.7 Å². The Balaban J connectivity index is 3.21. The summed E-state index contributed by atoms with van der Waals surface area (Å²) in [5.41, 5.74) is 0.591. The van der Waals surface area contributed by atoms with Gasteiger partial charge in [-0.25, -0.2) is 4.79 Å². The zero-order chi connectivity index (χ0) is 16.0. The Labute approximate surface area is 121 Å². The van der Waals surface area contributed by atoms with Gasteiger partial charge in [0.1, 0.15) is 0 Å². The Kier molecular flexibility index (Phi) is 5.59. The van der Waals surface area contributed by atoms with Crippen LogP contribution in [-0.4, -0.2) is 31.1 Å². The maximum absolute atomic E-state index is 11.6. The first kappa shape index (κ1) is 16.4. The number of nitro groups is 1. The van der Waals surface area contributed by atoms with E-state index >= 15 is 0 Å². The third-order valence-electron chi connectivity index (χ3n) is 2.83. The van der Waals surface area contributed by atoms with E-state index in [1.54, 1.807) is 0 Å². The van der Waals surface area contributed by atoms with E-state index in [9.17, 15) is 19.7 Å². The third-order valence-corrected chi connectivity index (χ3v) is 2.83. The van der Waals surface area contributed by atoms with Crippen LogP contribution in [0.1, 0.15) is 27.9 Å². The number of benzene rings is 1. The highest BCUT2D eigenvalue weighted by Crippen LogP contribution is 2.25. The first-order valence-electron chi connectivity index (χ1n) is 6.01. The van der Waals surface area contributed by atoms with Gasteiger partial charge >= 0.3 is 11.9 Å². The van der Waals surface area contributed by atoms with E-state index in [-0.39, 0.29) is 23.2 Å². The van der Waals surface area contributed by atoms with Gasteiger partial charge in [0.15, 0.2) is 0 Å². The van der Waals surface area contributed by atoms with Crippen LogP contribution in [0.15, 0.2) is 18.2 Å². The van der Waals surface area contributed by atoms with E-state index in [2.05, 4.69) is 9.47 Å². The van der Waals surface area contributed by atoms with Crippen molar-refractivity contribution in [3.05, 3.63) is 45.0 Å². The molecule has 1 aromatic carbocycles. The van der Waals surface area contributed by atoms with Crippen molar-refractivity contribution in [2.24, 2.45) is 0 Å². The molecular weight excluding hydrogens is 278 g/mol. The summed E-state index contributed by atoms with van der Waals surface area (Å²) in [5, 5.41) is 11.0. The fraction of sp³-hybridized carbons (Fsp3) is 0.286. The number of rotatable bonds is 5. The van der Waals surface area contributed by atoms with Crippen molar-refractivity contribution in [1.29, 1.82) is 0 Å². The number of hydrogen-bond donors (Lipinski definition) is 0. The molecule has 0 saturated carbocycles. The summed E-state index contributed by atoms with van der Waals surface area (Å²) in [6, 6.07) is 2.80. The van der Waals surface area contributed by atoms with Gasteiger partial charge in [-0.15, -0.1) is 0 Å². The standard InChI is InChI=1S/C14H15NO6/c1-9-11(14(17)21-3)7-10(8-12(9)15(18)19)5-4-6-13(16)20-2/h4-5,7-8H,6H2,1-3H3. The van der Waals surface area contributed by atoms with Gasteiger partial charge in [0, 0.05) is 11.6 Å². The quantitative estimate of drug-likeness (QED) is 0.469. The molecule has 1 rings (SSSR count). The van der Waals surface area contributed by atoms with Gasteiger partial charge in [-0.1, -0.05) is 12.2 Å². The largest absolute Gasteiger partial charge is 0.469 e. The number of methoxy groups -OCH3 is 2. The molecule has 0 fully saturated rings. The van der Waals surface area contributed by atoms with E-state index in [4.69, 9.17) is 0 Å². The number of carbonyl (C=O) groups excluding carboxylic acids is 2.